The van der Waals surface area contributed by atoms with Crippen LogP contribution in [-0.4, -0.2) is 14.2 Å². The predicted octanol–water partition coefficient (Wildman–Crippen LogP) is 3.19. The van der Waals surface area contributed by atoms with Gasteiger partial charge in [-0.05, 0) is 5.56 Å². The first-order valence-electron chi connectivity index (χ1n) is 6.22. The van der Waals surface area contributed by atoms with Crippen LogP contribution in [-0.2, 0) is 6.54 Å². The molecule has 2 aromatic carbocycles. The second-order valence-corrected chi connectivity index (χ2v) is 4.20. The van der Waals surface area contributed by atoms with Crippen molar-refractivity contribution in [1.29, 1.82) is 5.26 Å². The highest BCUT2D eigenvalue weighted by molar-refractivity contribution is 5.65. The normalized spacial score (nSPS) is 9.65. The zero-order valence-corrected chi connectivity index (χ0v) is 11.5. The third kappa shape index (κ3) is 3.01. The van der Waals surface area contributed by atoms with E-state index in [9.17, 15) is 5.26 Å². The topological polar surface area (TPSA) is 54.3 Å². The van der Waals surface area contributed by atoms with Crippen molar-refractivity contribution in [3.8, 4) is 17.6 Å². The molecule has 4 heteroatoms. The Hall–Kier alpha value is -2.67. The van der Waals surface area contributed by atoms with Crippen LogP contribution in [0, 0.1) is 11.3 Å². The fourth-order valence-corrected chi connectivity index (χ4v) is 1.91. The Kier molecular flexibility index (Phi) is 4.46. The van der Waals surface area contributed by atoms with Gasteiger partial charge in [-0.25, -0.2) is 0 Å². The Morgan fingerprint density at radius 2 is 1.70 bits per heavy atom. The predicted molar refractivity (Wildman–Crippen MR) is 78.0 cm³/mol. The summed E-state index contributed by atoms with van der Waals surface area (Å²) in [5, 5.41) is 12.5. The summed E-state index contributed by atoms with van der Waals surface area (Å²) in [5.74, 6) is 1.15. The molecule has 0 unspecified atom stereocenters. The van der Waals surface area contributed by atoms with E-state index in [0.29, 0.717) is 23.6 Å². The van der Waals surface area contributed by atoms with E-state index >= 15 is 0 Å². The summed E-state index contributed by atoms with van der Waals surface area (Å²) in [5.41, 5.74) is 2.40. The van der Waals surface area contributed by atoms with Gasteiger partial charge in [-0.2, -0.15) is 5.26 Å². The number of benzene rings is 2. The Bertz CT molecular complexity index is 618. The van der Waals surface area contributed by atoms with Gasteiger partial charge in [0.15, 0.2) is 11.5 Å². The zero-order valence-electron chi connectivity index (χ0n) is 11.5. The highest BCUT2D eigenvalue weighted by Gasteiger charge is 2.10. The van der Waals surface area contributed by atoms with Gasteiger partial charge in [0.05, 0.1) is 25.5 Å². The lowest BCUT2D eigenvalue weighted by atomic mass is 10.1. The Balaban J connectivity index is 2.24. The molecule has 0 aliphatic heterocycles. The van der Waals surface area contributed by atoms with Gasteiger partial charge in [-0.3, -0.25) is 0 Å². The van der Waals surface area contributed by atoms with E-state index in [2.05, 4.69) is 11.4 Å². The summed E-state index contributed by atoms with van der Waals surface area (Å²) in [4.78, 5) is 0. The van der Waals surface area contributed by atoms with E-state index in [1.54, 1.807) is 26.4 Å². The number of anilines is 1. The van der Waals surface area contributed by atoms with E-state index in [4.69, 9.17) is 9.47 Å². The largest absolute Gasteiger partial charge is 0.493 e. The van der Waals surface area contributed by atoms with E-state index < -0.39 is 0 Å². The number of nitrogens with zero attached hydrogens (tertiary/aromatic N) is 1. The summed E-state index contributed by atoms with van der Waals surface area (Å²) in [6.45, 7) is 0.644. The minimum atomic E-state index is 0.526. The van der Waals surface area contributed by atoms with Gasteiger partial charge in [0.25, 0.3) is 0 Å². The van der Waals surface area contributed by atoms with Crippen LogP contribution >= 0.6 is 0 Å². The molecule has 0 radical (unpaired) electrons. The smallest absolute Gasteiger partial charge is 0.162 e. The van der Waals surface area contributed by atoms with Crippen LogP contribution in [0.3, 0.4) is 0 Å². The fourth-order valence-electron chi connectivity index (χ4n) is 1.91. The number of nitrogens with one attached hydrogen (secondary N) is 1. The molecule has 0 aliphatic carbocycles. The first kappa shape index (κ1) is 13.8. The van der Waals surface area contributed by atoms with E-state index in [-0.39, 0.29) is 0 Å². The van der Waals surface area contributed by atoms with E-state index in [1.165, 1.54) is 0 Å². The number of methoxy groups -OCH3 is 2. The first-order valence-corrected chi connectivity index (χ1v) is 6.22. The van der Waals surface area contributed by atoms with Crippen LogP contribution in [0.25, 0.3) is 0 Å². The number of ether oxygens (including phenoxy) is 2. The van der Waals surface area contributed by atoms with Crippen LogP contribution in [0.2, 0.25) is 0 Å². The molecule has 2 rings (SSSR count). The van der Waals surface area contributed by atoms with Crippen LogP contribution in [0.1, 0.15) is 11.1 Å². The van der Waals surface area contributed by atoms with Crippen LogP contribution < -0.4 is 14.8 Å². The Morgan fingerprint density at radius 3 is 2.30 bits per heavy atom. The van der Waals surface area contributed by atoms with Crippen molar-refractivity contribution in [3.05, 3.63) is 53.6 Å². The first-order chi connectivity index (χ1) is 9.78. The highest BCUT2D eigenvalue weighted by atomic mass is 16.5. The van der Waals surface area contributed by atoms with Crippen molar-refractivity contribution in [2.45, 2.75) is 6.54 Å². The van der Waals surface area contributed by atoms with Crippen molar-refractivity contribution >= 4 is 5.69 Å². The minimum absolute atomic E-state index is 0.526. The molecule has 4 nitrogen and oxygen atoms in total. The molecule has 0 heterocycles. The third-order valence-corrected chi connectivity index (χ3v) is 2.97. The average molecular weight is 268 g/mol. The molecule has 0 spiro atoms. The molecular weight excluding hydrogens is 252 g/mol. The Labute approximate surface area is 118 Å². The molecule has 20 heavy (non-hydrogen) atoms. The van der Waals surface area contributed by atoms with Crippen LogP contribution in [0.15, 0.2) is 42.5 Å². The van der Waals surface area contributed by atoms with Crippen LogP contribution in [0.5, 0.6) is 11.5 Å². The fraction of sp³-hybridized carbons (Fsp3) is 0.188. The summed E-state index contributed by atoms with van der Waals surface area (Å²) >= 11 is 0. The van der Waals surface area contributed by atoms with Crippen molar-refractivity contribution in [1.82, 2.24) is 0 Å². The summed E-state index contributed by atoms with van der Waals surface area (Å²) in [7, 11) is 3.13. The molecule has 0 bridgehead atoms. The van der Waals surface area contributed by atoms with Crippen LogP contribution in [0.4, 0.5) is 5.69 Å². The molecular formula is C16H16N2O2. The molecule has 0 saturated heterocycles. The maximum Gasteiger partial charge on any atom is 0.162 e. The van der Waals surface area contributed by atoms with Gasteiger partial charge in [-0.15, -0.1) is 0 Å². The maximum absolute atomic E-state index is 9.21. The molecule has 102 valence electrons. The average Bonchev–Trinajstić information content (AvgIpc) is 2.52. The number of nitriles is 1. The van der Waals surface area contributed by atoms with Gasteiger partial charge in [0, 0.05) is 18.7 Å². The maximum atomic E-state index is 9.21. The molecule has 0 atom stereocenters. The highest BCUT2D eigenvalue weighted by Crippen LogP contribution is 2.33. The Morgan fingerprint density at radius 1 is 1.05 bits per heavy atom. The lowest BCUT2D eigenvalue weighted by Crippen LogP contribution is -2.02. The monoisotopic (exact) mass is 268 g/mol. The molecule has 0 aromatic heterocycles. The lowest BCUT2D eigenvalue weighted by Gasteiger charge is -2.13. The van der Waals surface area contributed by atoms with Gasteiger partial charge in [0.2, 0.25) is 0 Å². The standard InChI is InChI=1S/C16H16N2O2/c1-19-15-8-13(10-17)14(9-16(15)20-2)18-11-12-6-4-3-5-7-12/h3-9,18H,11H2,1-2H3. The summed E-state index contributed by atoms with van der Waals surface area (Å²) in [6, 6.07) is 15.6. The second kappa shape index (κ2) is 6.48. The van der Waals surface area contributed by atoms with Gasteiger partial charge >= 0.3 is 0 Å². The SMILES string of the molecule is COc1cc(C#N)c(NCc2ccccc2)cc1OC. The third-order valence-electron chi connectivity index (χ3n) is 2.97. The molecule has 2 aromatic rings. The van der Waals surface area contributed by atoms with E-state index in [0.717, 1.165) is 11.3 Å². The van der Waals surface area contributed by atoms with E-state index in [1.807, 2.05) is 30.3 Å². The van der Waals surface area contributed by atoms with Crippen molar-refractivity contribution in [2.75, 3.05) is 19.5 Å². The molecule has 0 fully saturated rings. The summed E-state index contributed by atoms with van der Waals surface area (Å²) < 4.78 is 10.4. The zero-order chi connectivity index (χ0) is 14.4. The number of hydrogen-bond donors (Lipinski definition) is 1. The molecule has 1 N–H and O–H groups in total. The molecule has 0 saturated carbocycles. The van der Waals surface area contributed by atoms with Crippen molar-refractivity contribution in [3.63, 3.8) is 0 Å². The van der Waals surface area contributed by atoms with Gasteiger partial charge in [0.1, 0.15) is 6.07 Å². The molecule has 0 amide bonds. The van der Waals surface area contributed by atoms with Gasteiger partial charge in [-0.1, -0.05) is 30.3 Å². The van der Waals surface area contributed by atoms with Crippen molar-refractivity contribution < 1.29 is 9.47 Å². The number of hydrogen-bond acceptors (Lipinski definition) is 4. The number of rotatable bonds is 5. The van der Waals surface area contributed by atoms with Gasteiger partial charge < -0.3 is 14.8 Å². The quantitative estimate of drug-likeness (QED) is 0.904. The summed E-state index contributed by atoms with van der Waals surface area (Å²) in [6.07, 6.45) is 0. The van der Waals surface area contributed by atoms with Crippen molar-refractivity contribution in [2.24, 2.45) is 0 Å². The lowest BCUT2D eigenvalue weighted by molar-refractivity contribution is 0.355. The second-order valence-electron chi connectivity index (χ2n) is 4.20. The minimum Gasteiger partial charge on any atom is -0.493 e. The molecule has 0 aliphatic rings.